The summed E-state index contributed by atoms with van der Waals surface area (Å²) in [7, 11) is -3.70. The van der Waals surface area contributed by atoms with Crippen molar-refractivity contribution in [3.8, 4) is 17.6 Å². The fraction of sp³-hybridized carbons (Fsp3) is 0.364. The number of sulfonamides is 1. The lowest BCUT2D eigenvalue weighted by Crippen LogP contribution is -2.31. The summed E-state index contributed by atoms with van der Waals surface area (Å²) in [6.07, 6.45) is -0.870. The normalized spacial score (nSPS) is 12.1. The highest BCUT2D eigenvalue weighted by Crippen LogP contribution is 2.29. The molecule has 0 fully saturated rings. The molecule has 1 amide bonds. The standard InChI is InChI=1S/C22H27N3O5S/c1-5-25(6-2)31(27,28)19-12-13-21(29-7-3)20(14-19)24-22(26)16(4)30-18-10-8-17(15-23)9-11-18/h8-14,16H,5-7H2,1-4H3,(H,24,26). The Bertz CT molecular complexity index is 1040. The number of nitrogens with one attached hydrogen (secondary N) is 1. The Labute approximate surface area is 183 Å². The molecule has 0 radical (unpaired) electrons. The van der Waals surface area contributed by atoms with E-state index in [9.17, 15) is 13.2 Å². The van der Waals surface area contributed by atoms with Gasteiger partial charge in [0, 0.05) is 13.1 Å². The number of anilines is 1. The number of benzene rings is 2. The Kier molecular flexibility index (Phi) is 8.42. The molecule has 0 saturated carbocycles. The Hall–Kier alpha value is -3.09. The number of hydrogen-bond acceptors (Lipinski definition) is 6. The van der Waals surface area contributed by atoms with Gasteiger partial charge in [-0.3, -0.25) is 4.79 Å². The molecule has 1 unspecified atom stereocenters. The van der Waals surface area contributed by atoms with Gasteiger partial charge in [0.2, 0.25) is 10.0 Å². The predicted molar refractivity (Wildman–Crippen MR) is 118 cm³/mol. The fourth-order valence-electron chi connectivity index (χ4n) is 2.86. The van der Waals surface area contributed by atoms with Crippen LogP contribution in [0.4, 0.5) is 5.69 Å². The lowest BCUT2D eigenvalue weighted by Gasteiger charge is -2.20. The van der Waals surface area contributed by atoms with E-state index in [1.54, 1.807) is 52.0 Å². The third-order valence-corrected chi connectivity index (χ3v) is 6.56. The Morgan fingerprint density at radius 2 is 1.77 bits per heavy atom. The van der Waals surface area contributed by atoms with Gasteiger partial charge in [-0.2, -0.15) is 9.57 Å². The third-order valence-electron chi connectivity index (χ3n) is 4.52. The van der Waals surface area contributed by atoms with Crippen molar-refractivity contribution in [1.29, 1.82) is 5.26 Å². The van der Waals surface area contributed by atoms with E-state index >= 15 is 0 Å². The van der Waals surface area contributed by atoms with Crippen LogP contribution in [0.25, 0.3) is 0 Å². The van der Waals surface area contributed by atoms with E-state index in [0.717, 1.165) is 0 Å². The van der Waals surface area contributed by atoms with Gasteiger partial charge in [0.05, 0.1) is 28.8 Å². The van der Waals surface area contributed by atoms with E-state index in [1.807, 2.05) is 6.07 Å². The highest BCUT2D eigenvalue weighted by atomic mass is 32.2. The summed E-state index contributed by atoms with van der Waals surface area (Å²) in [5.41, 5.74) is 0.729. The molecule has 0 spiro atoms. The minimum Gasteiger partial charge on any atom is -0.492 e. The van der Waals surface area contributed by atoms with Crippen LogP contribution in [0, 0.1) is 11.3 Å². The molecule has 2 aromatic carbocycles. The number of rotatable bonds is 10. The Morgan fingerprint density at radius 3 is 2.32 bits per heavy atom. The van der Waals surface area contributed by atoms with Crippen molar-refractivity contribution in [2.75, 3.05) is 25.0 Å². The lowest BCUT2D eigenvalue weighted by atomic mass is 10.2. The highest BCUT2D eigenvalue weighted by molar-refractivity contribution is 7.89. The molecule has 0 heterocycles. The minimum absolute atomic E-state index is 0.0654. The van der Waals surface area contributed by atoms with E-state index in [2.05, 4.69) is 5.32 Å². The molecule has 0 aliphatic carbocycles. The summed E-state index contributed by atoms with van der Waals surface area (Å²) in [6, 6.07) is 12.8. The van der Waals surface area contributed by atoms with Crippen molar-refractivity contribution in [3.05, 3.63) is 48.0 Å². The van der Waals surface area contributed by atoms with Gasteiger partial charge in [-0.15, -0.1) is 0 Å². The van der Waals surface area contributed by atoms with Crippen molar-refractivity contribution >= 4 is 21.6 Å². The first kappa shape index (κ1) is 24.2. The first-order chi connectivity index (χ1) is 14.8. The second-order valence-corrected chi connectivity index (χ2v) is 8.50. The van der Waals surface area contributed by atoms with Crippen LogP contribution < -0.4 is 14.8 Å². The van der Waals surface area contributed by atoms with Gasteiger partial charge in [-0.25, -0.2) is 8.42 Å². The molecular formula is C22H27N3O5S. The second-order valence-electron chi connectivity index (χ2n) is 6.57. The SMILES string of the molecule is CCOc1ccc(S(=O)(=O)N(CC)CC)cc1NC(=O)C(C)Oc1ccc(C#N)cc1. The number of hydrogen-bond donors (Lipinski definition) is 1. The van der Waals surface area contributed by atoms with Crippen LogP contribution in [0.3, 0.4) is 0 Å². The summed E-state index contributed by atoms with van der Waals surface area (Å²) in [6.45, 7) is 7.92. The van der Waals surface area contributed by atoms with Gasteiger partial charge in [-0.1, -0.05) is 13.8 Å². The maximum atomic E-state index is 12.9. The maximum absolute atomic E-state index is 12.9. The lowest BCUT2D eigenvalue weighted by molar-refractivity contribution is -0.122. The van der Waals surface area contributed by atoms with Crippen LogP contribution in [0.2, 0.25) is 0 Å². The van der Waals surface area contributed by atoms with E-state index < -0.39 is 22.0 Å². The average Bonchev–Trinajstić information content (AvgIpc) is 2.76. The van der Waals surface area contributed by atoms with Gasteiger partial charge < -0.3 is 14.8 Å². The van der Waals surface area contributed by atoms with Crippen LogP contribution >= 0.6 is 0 Å². The van der Waals surface area contributed by atoms with Crippen LogP contribution in [0.5, 0.6) is 11.5 Å². The molecule has 2 aromatic rings. The largest absolute Gasteiger partial charge is 0.492 e. The van der Waals surface area contributed by atoms with Crippen molar-refractivity contribution in [2.45, 2.75) is 38.7 Å². The molecule has 31 heavy (non-hydrogen) atoms. The summed E-state index contributed by atoms with van der Waals surface area (Å²) in [4.78, 5) is 12.8. The number of nitriles is 1. The van der Waals surface area contributed by atoms with Gasteiger partial charge in [0.25, 0.3) is 5.91 Å². The van der Waals surface area contributed by atoms with E-state index in [1.165, 1.54) is 22.5 Å². The van der Waals surface area contributed by atoms with Crippen molar-refractivity contribution in [3.63, 3.8) is 0 Å². The van der Waals surface area contributed by atoms with Gasteiger partial charge >= 0.3 is 0 Å². The summed E-state index contributed by atoms with van der Waals surface area (Å²) in [5, 5.41) is 11.6. The molecule has 0 saturated heterocycles. The van der Waals surface area contributed by atoms with Gasteiger partial charge in [-0.05, 0) is 56.3 Å². The topological polar surface area (TPSA) is 109 Å². The Balaban J connectivity index is 2.26. The molecule has 1 N–H and O–H groups in total. The zero-order valence-electron chi connectivity index (χ0n) is 18.1. The monoisotopic (exact) mass is 445 g/mol. The maximum Gasteiger partial charge on any atom is 0.265 e. The number of carbonyl (C=O) groups excluding carboxylic acids is 1. The first-order valence-electron chi connectivity index (χ1n) is 10.0. The van der Waals surface area contributed by atoms with Crippen molar-refractivity contribution in [1.82, 2.24) is 4.31 Å². The summed E-state index contributed by atoms with van der Waals surface area (Å²) < 4.78 is 38.2. The zero-order chi connectivity index (χ0) is 23.0. The van der Waals surface area contributed by atoms with Gasteiger partial charge in [0.15, 0.2) is 6.10 Å². The molecule has 0 aliphatic heterocycles. The minimum atomic E-state index is -3.70. The molecule has 2 rings (SSSR count). The van der Waals surface area contributed by atoms with Crippen molar-refractivity contribution < 1.29 is 22.7 Å². The quantitative estimate of drug-likeness (QED) is 0.600. The second kappa shape index (κ2) is 10.8. The van der Waals surface area contributed by atoms with Crippen LogP contribution in [0.1, 0.15) is 33.3 Å². The molecule has 1 atom stereocenters. The molecular weight excluding hydrogens is 418 g/mol. The van der Waals surface area contributed by atoms with E-state index in [-0.39, 0.29) is 10.6 Å². The number of nitrogens with zero attached hydrogens (tertiary/aromatic N) is 2. The summed E-state index contributed by atoms with van der Waals surface area (Å²) in [5.74, 6) is 0.326. The molecule has 9 heteroatoms. The number of ether oxygens (including phenoxy) is 2. The molecule has 0 aromatic heterocycles. The van der Waals surface area contributed by atoms with Crippen LogP contribution in [0.15, 0.2) is 47.4 Å². The van der Waals surface area contributed by atoms with Crippen LogP contribution in [-0.4, -0.2) is 44.4 Å². The highest BCUT2D eigenvalue weighted by Gasteiger charge is 2.24. The van der Waals surface area contributed by atoms with E-state index in [4.69, 9.17) is 14.7 Å². The smallest absolute Gasteiger partial charge is 0.265 e. The molecule has 0 bridgehead atoms. The first-order valence-corrected chi connectivity index (χ1v) is 11.4. The zero-order valence-corrected chi connectivity index (χ0v) is 18.9. The summed E-state index contributed by atoms with van der Waals surface area (Å²) >= 11 is 0. The number of amides is 1. The number of carbonyl (C=O) groups is 1. The van der Waals surface area contributed by atoms with E-state index in [0.29, 0.717) is 36.8 Å². The average molecular weight is 446 g/mol. The Morgan fingerprint density at radius 1 is 1.13 bits per heavy atom. The predicted octanol–water partition coefficient (Wildman–Crippen LogP) is 3.39. The molecule has 0 aliphatic rings. The fourth-order valence-corrected chi connectivity index (χ4v) is 4.35. The van der Waals surface area contributed by atoms with Crippen molar-refractivity contribution in [2.24, 2.45) is 0 Å². The molecule has 166 valence electrons. The van der Waals surface area contributed by atoms with Gasteiger partial charge in [0.1, 0.15) is 11.5 Å². The van der Waals surface area contributed by atoms with Crippen LogP contribution in [-0.2, 0) is 14.8 Å². The molecule has 8 nitrogen and oxygen atoms in total. The third kappa shape index (κ3) is 5.96.